The molecule has 19 heavy (non-hydrogen) atoms. The maximum atomic E-state index is 12.1. The summed E-state index contributed by atoms with van der Waals surface area (Å²) in [6.07, 6.45) is 1.86. The first-order chi connectivity index (χ1) is 8.86. The van der Waals surface area contributed by atoms with Crippen molar-refractivity contribution in [1.82, 2.24) is 14.3 Å². The first kappa shape index (κ1) is 14.2. The standard InChI is InChI=1S/C12H20N4O2S/c1-8-13-10(19-15-8)14-11(17)16-6-4-5-9(7-16)12(2,3)18/h9,18H,4-7H2,1-3H3,(H,13,14,15,17). The van der Waals surface area contributed by atoms with Crippen LogP contribution in [0.5, 0.6) is 0 Å². The van der Waals surface area contributed by atoms with E-state index in [1.54, 1.807) is 25.7 Å². The molecule has 0 bridgehead atoms. The van der Waals surface area contributed by atoms with Crippen LogP contribution < -0.4 is 5.32 Å². The molecule has 1 unspecified atom stereocenters. The van der Waals surface area contributed by atoms with Gasteiger partial charge in [0, 0.05) is 30.5 Å². The van der Waals surface area contributed by atoms with Crippen molar-refractivity contribution in [2.45, 2.75) is 39.2 Å². The summed E-state index contributed by atoms with van der Waals surface area (Å²) in [5.41, 5.74) is -0.752. The van der Waals surface area contributed by atoms with Gasteiger partial charge in [-0.05, 0) is 33.6 Å². The van der Waals surface area contributed by atoms with Gasteiger partial charge in [-0.2, -0.15) is 4.37 Å². The van der Waals surface area contributed by atoms with Crippen molar-refractivity contribution >= 4 is 22.7 Å². The van der Waals surface area contributed by atoms with Crippen LogP contribution in [-0.2, 0) is 0 Å². The molecule has 2 N–H and O–H groups in total. The number of anilines is 1. The molecular formula is C12H20N4O2S. The van der Waals surface area contributed by atoms with Crippen LogP contribution in [0.3, 0.4) is 0 Å². The molecule has 1 atom stereocenters. The third-order valence-corrected chi connectivity index (χ3v) is 4.17. The monoisotopic (exact) mass is 284 g/mol. The fourth-order valence-electron chi connectivity index (χ4n) is 2.26. The smallest absolute Gasteiger partial charge is 0.323 e. The molecule has 0 radical (unpaired) electrons. The molecule has 0 aliphatic carbocycles. The highest BCUT2D eigenvalue weighted by molar-refractivity contribution is 7.09. The van der Waals surface area contributed by atoms with Crippen LogP contribution in [0.15, 0.2) is 0 Å². The van der Waals surface area contributed by atoms with Crippen LogP contribution in [0, 0.1) is 12.8 Å². The predicted molar refractivity (Wildman–Crippen MR) is 74.3 cm³/mol. The van der Waals surface area contributed by atoms with E-state index in [9.17, 15) is 9.90 Å². The van der Waals surface area contributed by atoms with Crippen molar-refractivity contribution in [1.29, 1.82) is 0 Å². The van der Waals surface area contributed by atoms with E-state index in [4.69, 9.17) is 0 Å². The summed E-state index contributed by atoms with van der Waals surface area (Å²) < 4.78 is 4.03. The first-order valence-electron chi connectivity index (χ1n) is 6.45. The summed E-state index contributed by atoms with van der Waals surface area (Å²) in [5, 5.41) is 13.3. The average Bonchev–Trinajstić information content (AvgIpc) is 2.74. The second-order valence-electron chi connectivity index (χ2n) is 5.52. The summed E-state index contributed by atoms with van der Waals surface area (Å²) in [6.45, 7) is 6.68. The molecular weight excluding hydrogens is 264 g/mol. The number of nitrogens with zero attached hydrogens (tertiary/aromatic N) is 3. The largest absolute Gasteiger partial charge is 0.390 e. The fourth-order valence-corrected chi connectivity index (χ4v) is 2.82. The number of aryl methyl sites for hydroxylation is 1. The predicted octanol–water partition coefficient (Wildman–Crippen LogP) is 1.86. The number of rotatable bonds is 2. The minimum Gasteiger partial charge on any atom is -0.390 e. The lowest BCUT2D eigenvalue weighted by Crippen LogP contribution is -2.48. The van der Waals surface area contributed by atoms with Crippen molar-refractivity contribution in [2.75, 3.05) is 18.4 Å². The molecule has 1 aromatic heterocycles. The highest BCUT2D eigenvalue weighted by Gasteiger charge is 2.33. The zero-order valence-corrected chi connectivity index (χ0v) is 12.3. The highest BCUT2D eigenvalue weighted by atomic mass is 32.1. The Labute approximate surface area is 117 Å². The lowest BCUT2D eigenvalue weighted by Gasteiger charge is -2.38. The molecule has 1 aliphatic rings. The van der Waals surface area contributed by atoms with Gasteiger partial charge in [0.15, 0.2) is 0 Å². The van der Waals surface area contributed by atoms with E-state index in [2.05, 4.69) is 14.7 Å². The van der Waals surface area contributed by atoms with E-state index in [0.29, 0.717) is 17.5 Å². The van der Waals surface area contributed by atoms with E-state index in [-0.39, 0.29) is 11.9 Å². The van der Waals surface area contributed by atoms with Gasteiger partial charge in [-0.15, -0.1) is 0 Å². The summed E-state index contributed by atoms with van der Waals surface area (Å²) in [4.78, 5) is 18.0. The molecule has 7 heteroatoms. The van der Waals surface area contributed by atoms with Gasteiger partial charge in [-0.3, -0.25) is 5.32 Å². The Balaban J connectivity index is 1.95. The van der Waals surface area contributed by atoms with Gasteiger partial charge in [-0.25, -0.2) is 9.78 Å². The molecule has 0 saturated carbocycles. The van der Waals surface area contributed by atoms with Crippen LogP contribution in [0.2, 0.25) is 0 Å². The van der Waals surface area contributed by atoms with Crippen LogP contribution in [0.4, 0.5) is 9.93 Å². The van der Waals surface area contributed by atoms with Crippen molar-refractivity contribution < 1.29 is 9.90 Å². The van der Waals surface area contributed by atoms with Crippen LogP contribution >= 0.6 is 11.5 Å². The Morgan fingerprint density at radius 3 is 2.89 bits per heavy atom. The highest BCUT2D eigenvalue weighted by Crippen LogP contribution is 2.27. The van der Waals surface area contributed by atoms with E-state index in [1.165, 1.54) is 11.5 Å². The second-order valence-corrected chi connectivity index (χ2v) is 6.27. The van der Waals surface area contributed by atoms with E-state index in [0.717, 1.165) is 19.4 Å². The van der Waals surface area contributed by atoms with Crippen molar-refractivity contribution in [3.05, 3.63) is 5.82 Å². The quantitative estimate of drug-likeness (QED) is 0.869. The SMILES string of the molecule is Cc1nsc(NC(=O)N2CCCC(C(C)(C)O)C2)n1. The van der Waals surface area contributed by atoms with E-state index >= 15 is 0 Å². The van der Waals surface area contributed by atoms with Gasteiger partial charge in [-0.1, -0.05) is 0 Å². The van der Waals surface area contributed by atoms with Crippen molar-refractivity contribution in [2.24, 2.45) is 5.92 Å². The molecule has 2 amide bonds. The lowest BCUT2D eigenvalue weighted by molar-refractivity contribution is -0.00973. The minimum atomic E-state index is -0.752. The molecule has 1 fully saturated rings. The summed E-state index contributed by atoms with van der Waals surface area (Å²) in [5.74, 6) is 0.775. The number of piperidine rings is 1. The van der Waals surface area contributed by atoms with E-state index in [1.807, 2.05) is 0 Å². The Hall–Kier alpha value is -1.21. The zero-order chi connectivity index (χ0) is 14.0. The molecule has 1 aliphatic heterocycles. The Bertz CT molecular complexity index is 455. The number of aliphatic hydroxyl groups is 1. The van der Waals surface area contributed by atoms with Crippen LogP contribution in [0.25, 0.3) is 0 Å². The normalized spacial score (nSPS) is 20.4. The van der Waals surface area contributed by atoms with Gasteiger partial charge >= 0.3 is 6.03 Å². The number of carbonyl (C=O) groups excluding carboxylic acids is 1. The second kappa shape index (κ2) is 5.42. The molecule has 0 spiro atoms. The molecule has 2 heterocycles. The minimum absolute atomic E-state index is 0.114. The topological polar surface area (TPSA) is 78.4 Å². The number of nitrogens with one attached hydrogen (secondary N) is 1. The van der Waals surface area contributed by atoms with Crippen molar-refractivity contribution in [3.8, 4) is 0 Å². The summed E-state index contributed by atoms with van der Waals surface area (Å²) in [7, 11) is 0. The molecule has 2 rings (SSSR count). The number of carbonyl (C=O) groups is 1. The van der Waals surface area contributed by atoms with E-state index < -0.39 is 5.60 Å². The average molecular weight is 284 g/mol. The molecule has 6 nitrogen and oxygen atoms in total. The maximum Gasteiger partial charge on any atom is 0.323 e. The number of hydrogen-bond donors (Lipinski definition) is 2. The number of likely N-dealkylation sites (tertiary alicyclic amines) is 1. The fraction of sp³-hybridized carbons (Fsp3) is 0.750. The maximum absolute atomic E-state index is 12.1. The third-order valence-electron chi connectivity index (χ3n) is 3.45. The van der Waals surface area contributed by atoms with Gasteiger partial charge in [0.2, 0.25) is 5.13 Å². The Kier molecular flexibility index (Phi) is 4.05. The third kappa shape index (κ3) is 3.63. The molecule has 0 aromatic carbocycles. The number of urea groups is 1. The number of hydrogen-bond acceptors (Lipinski definition) is 5. The lowest BCUT2D eigenvalue weighted by atomic mass is 9.84. The first-order valence-corrected chi connectivity index (χ1v) is 7.22. The van der Waals surface area contributed by atoms with Gasteiger partial charge in [0.05, 0.1) is 5.60 Å². The molecule has 1 saturated heterocycles. The number of amides is 2. The summed E-state index contributed by atoms with van der Waals surface area (Å²) in [6, 6.07) is -0.162. The molecule has 1 aromatic rings. The van der Waals surface area contributed by atoms with Gasteiger partial charge < -0.3 is 10.0 Å². The summed E-state index contributed by atoms with van der Waals surface area (Å²) >= 11 is 1.18. The molecule has 106 valence electrons. The van der Waals surface area contributed by atoms with Gasteiger partial charge in [0.25, 0.3) is 0 Å². The Morgan fingerprint density at radius 2 is 2.32 bits per heavy atom. The number of aromatic nitrogens is 2. The van der Waals surface area contributed by atoms with Crippen molar-refractivity contribution in [3.63, 3.8) is 0 Å². The zero-order valence-electron chi connectivity index (χ0n) is 11.5. The van der Waals surface area contributed by atoms with Crippen LogP contribution in [0.1, 0.15) is 32.5 Å². The Morgan fingerprint density at radius 1 is 1.58 bits per heavy atom. The van der Waals surface area contributed by atoms with Gasteiger partial charge in [0.1, 0.15) is 5.82 Å². The van der Waals surface area contributed by atoms with Crippen LogP contribution in [-0.4, -0.2) is 44.1 Å².